The third-order valence-corrected chi connectivity index (χ3v) is 4.58. The van der Waals surface area contributed by atoms with Gasteiger partial charge < -0.3 is 10.8 Å². The van der Waals surface area contributed by atoms with E-state index in [1.54, 1.807) is 6.92 Å². The fraction of sp³-hybridized carbons (Fsp3) is 0.455. The Bertz CT molecular complexity index is 485. The van der Waals surface area contributed by atoms with E-state index in [9.17, 15) is 12.8 Å². The van der Waals surface area contributed by atoms with Crippen LogP contribution in [0.15, 0.2) is 23.1 Å². The third kappa shape index (κ3) is 2.98. The molecule has 7 heteroatoms. The fourth-order valence-electron chi connectivity index (χ4n) is 1.62. The molecule has 0 aromatic heterocycles. The Hall–Kier alpha value is -1.18. The maximum Gasteiger partial charge on any atom is 0.248 e. The maximum absolute atomic E-state index is 13.6. The molecular formula is C11H17FN2O3S. The Morgan fingerprint density at radius 3 is 2.61 bits per heavy atom. The van der Waals surface area contributed by atoms with Crippen molar-refractivity contribution in [2.24, 2.45) is 0 Å². The summed E-state index contributed by atoms with van der Waals surface area (Å²) in [4.78, 5) is -0.496. The minimum absolute atomic E-state index is 0.113. The summed E-state index contributed by atoms with van der Waals surface area (Å²) in [6.07, 6.45) is 0.293. The van der Waals surface area contributed by atoms with Crippen molar-refractivity contribution in [1.82, 2.24) is 4.31 Å². The third-order valence-electron chi connectivity index (χ3n) is 2.51. The molecule has 0 radical (unpaired) electrons. The van der Waals surface area contributed by atoms with Gasteiger partial charge in [0, 0.05) is 19.7 Å². The Morgan fingerprint density at radius 2 is 2.11 bits per heavy atom. The van der Waals surface area contributed by atoms with E-state index in [4.69, 9.17) is 10.8 Å². The van der Waals surface area contributed by atoms with Gasteiger partial charge in [-0.2, -0.15) is 4.31 Å². The lowest BCUT2D eigenvalue weighted by Gasteiger charge is -2.21. The van der Waals surface area contributed by atoms with Gasteiger partial charge in [-0.1, -0.05) is 13.0 Å². The fourth-order valence-corrected chi connectivity index (χ4v) is 3.27. The highest BCUT2D eigenvalue weighted by Crippen LogP contribution is 2.25. The van der Waals surface area contributed by atoms with Crippen LogP contribution in [0.5, 0.6) is 0 Å². The van der Waals surface area contributed by atoms with Crippen LogP contribution < -0.4 is 5.73 Å². The number of sulfonamides is 1. The first-order valence-corrected chi connectivity index (χ1v) is 7.04. The second-order valence-electron chi connectivity index (χ2n) is 3.73. The van der Waals surface area contributed by atoms with Gasteiger partial charge in [0.15, 0.2) is 0 Å². The van der Waals surface area contributed by atoms with Crippen molar-refractivity contribution in [3.05, 3.63) is 24.0 Å². The molecule has 0 atom stereocenters. The number of aliphatic hydroxyl groups excluding tert-OH is 1. The van der Waals surface area contributed by atoms with E-state index < -0.39 is 20.7 Å². The normalized spacial score (nSPS) is 12.0. The first-order valence-electron chi connectivity index (χ1n) is 5.60. The van der Waals surface area contributed by atoms with Gasteiger partial charge in [-0.15, -0.1) is 0 Å². The van der Waals surface area contributed by atoms with Crippen molar-refractivity contribution in [1.29, 1.82) is 0 Å². The average Bonchev–Trinajstić information content (AvgIpc) is 2.29. The second-order valence-corrected chi connectivity index (χ2v) is 5.61. The highest BCUT2D eigenvalue weighted by atomic mass is 32.2. The molecule has 1 rings (SSSR count). The predicted molar refractivity (Wildman–Crippen MR) is 66.9 cm³/mol. The molecule has 0 aliphatic carbocycles. The highest BCUT2D eigenvalue weighted by molar-refractivity contribution is 7.89. The maximum atomic E-state index is 13.6. The van der Waals surface area contributed by atoms with Crippen LogP contribution in [0.2, 0.25) is 0 Å². The van der Waals surface area contributed by atoms with Crippen LogP contribution in [0.4, 0.5) is 10.1 Å². The Balaban J connectivity index is 3.19. The van der Waals surface area contributed by atoms with E-state index in [1.807, 2.05) is 0 Å². The molecule has 0 saturated carbocycles. The molecule has 0 bridgehead atoms. The lowest BCUT2D eigenvalue weighted by atomic mass is 10.3. The van der Waals surface area contributed by atoms with Gasteiger partial charge in [-0.3, -0.25) is 0 Å². The summed E-state index contributed by atoms with van der Waals surface area (Å²) >= 11 is 0. The summed E-state index contributed by atoms with van der Waals surface area (Å²) in [5.74, 6) is -0.863. The SMILES string of the molecule is CCN(CCCO)S(=O)(=O)c1c(N)cccc1F. The molecule has 0 heterocycles. The number of halogens is 1. The quantitative estimate of drug-likeness (QED) is 0.753. The van der Waals surface area contributed by atoms with Crippen LogP contribution in [0.1, 0.15) is 13.3 Å². The molecule has 0 aliphatic heterocycles. The molecule has 3 N–H and O–H groups in total. The largest absolute Gasteiger partial charge is 0.398 e. The van der Waals surface area contributed by atoms with Gasteiger partial charge in [0.2, 0.25) is 10.0 Å². The van der Waals surface area contributed by atoms with Gasteiger partial charge in [-0.25, -0.2) is 12.8 Å². The van der Waals surface area contributed by atoms with Crippen LogP contribution in [0, 0.1) is 5.82 Å². The first kappa shape index (κ1) is 14.9. The average molecular weight is 276 g/mol. The Labute approximate surface area is 106 Å². The van der Waals surface area contributed by atoms with Crippen molar-refractivity contribution in [3.63, 3.8) is 0 Å². The number of anilines is 1. The van der Waals surface area contributed by atoms with Crippen LogP contribution in [-0.4, -0.2) is 37.5 Å². The van der Waals surface area contributed by atoms with E-state index in [0.717, 1.165) is 10.4 Å². The van der Waals surface area contributed by atoms with Gasteiger partial charge in [0.05, 0.1) is 5.69 Å². The molecule has 0 amide bonds. The highest BCUT2D eigenvalue weighted by Gasteiger charge is 2.28. The smallest absolute Gasteiger partial charge is 0.248 e. The van der Waals surface area contributed by atoms with Crippen molar-refractivity contribution >= 4 is 15.7 Å². The van der Waals surface area contributed by atoms with Crippen LogP contribution >= 0.6 is 0 Å². The molecule has 5 nitrogen and oxygen atoms in total. The summed E-state index contributed by atoms with van der Waals surface area (Å²) in [5.41, 5.74) is 5.42. The van der Waals surface area contributed by atoms with Gasteiger partial charge in [0.1, 0.15) is 10.7 Å². The van der Waals surface area contributed by atoms with Crippen LogP contribution in [0.3, 0.4) is 0 Å². The van der Waals surface area contributed by atoms with Crippen molar-refractivity contribution in [2.45, 2.75) is 18.2 Å². The number of nitrogens with zero attached hydrogens (tertiary/aromatic N) is 1. The van der Waals surface area contributed by atoms with Gasteiger partial charge in [0.25, 0.3) is 0 Å². The van der Waals surface area contributed by atoms with Crippen LogP contribution in [0.25, 0.3) is 0 Å². The minimum atomic E-state index is -3.96. The lowest BCUT2D eigenvalue weighted by Crippen LogP contribution is -2.33. The second kappa shape index (κ2) is 6.12. The first-order chi connectivity index (χ1) is 8.45. The molecule has 0 saturated heterocycles. The summed E-state index contributed by atoms with van der Waals surface area (Å²) < 4.78 is 39.2. The zero-order valence-electron chi connectivity index (χ0n) is 10.1. The summed E-state index contributed by atoms with van der Waals surface area (Å²) in [5, 5.41) is 8.74. The molecule has 18 heavy (non-hydrogen) atoms. The van der Waals surface area contributed by atoms with E-state index in [1.165, 1.54) is 12.1 Å². The zero-order valence-corrected chi connectivity index (χ0v) is 11.0. The van der Waals surface area contributed by atoms with Gasteiger partial charge >= 0.3 is 0 Å². The molecule has 0 spiro atoms. The monoisotopic (exact) mass is 276 g/mol. The molecule has 1 aromatic carbocycles. The summed E-state index contributed by atoms with van der Waals surface area (Å²) in [7, 11) is -3.96. The number of nitrogens with two attached hydrogens (primary N) is 1. The van der Waals surface area contributed by atoms with Crippen molar-refractivity contribution in [2.75, 3.05) is 25.4 Å². The van der Waals surface area contributed by atoms with Crippen molar-refractivity contribution < 1.29 is 17.9 Å². The Morgan fingerprint density at radius 1 is 1.44 bits per heavy atom. The van der Waals surface area contributed by atoms with Gasteiger partial charge in [-0.05, 0) is 18.6 Å². The topological polar surface area (TPSA) is 83.6 Å². The number of aliphatic hydroxyl groups is 1. The van der Waals surface area contributed by atoms with E-state index >= 15 is 0 Å². The van der Waals surface area contributed by atoms with Crippen molar-refractivity contribution in [3.8, 4) is 0 Å². The lowest BCUT2D eigenvalue weighted by molar-refractivity contribution is 0.271. The van der Waals surface area contributed by atoms with Crippen LogP contribution in [-0.2, 0) is 10.0 Å². The number of nitrogen functional groups attached to an aromatic ring is 1. The summed E-state index contributed by atoms with van der Waals surface area (Å²) in [6.45, 7) is 1.84. The molecule has 0 fully saturated rings. The molecule has 0 unspecified atom stereocenters. The molecule has 102 valence electrons. The molecule has 0 aliphatic rings. The minimum Gasteiger partial charge on any atom is -0.398 e. The number of benzene rings is 1. The molecule has 1 aromatic rings. The predicted octanol–water partition coefficient (Wildman–Crippen LogP) is 0.801. The zero-order chi connectivity index (χ0) is 13.8. The summed E-state index contributed by atoms with van der Waals surface area (Å²) in [6, 6.07) is 3.76. The number of hydrogen-bond donors (Lipinski definition) is 2. The van der Waals surface area contributed by atoms with E-state index in [2.05, 4.69) is 0 Å². The molecular weight excluding hydrogens is 259 g/mol. The number of rotatable bonds is 6. The van der Waals surface area contributed by atoms with E-state index in [-0.39, 0.29) is 25.4 Å². The van der Waals surface area contributed by atoms with E-state index in [0.29, 0.717) is 6.42 Å². The number of hydrogen-bond acceptors (Lipinski definition) is 4. The standard InChI is InChI=1S/C11H17FN2O3S/c1-2-14(7-4-8-15)18(16,17)11-9(12)5-3-6-10(11)13/h3,5-6,15H,2,4,7-8,13H2,1H3. The Kier molecular flexibility index (Phi) is 5.06.